The molecule has 36 heavy (non-hydrogen) atoms. The van der Waals surface area contributed by atoms with Crippen LogP contribution >= 0.6 is 0 Å². The molecule has 2 atom stereocenters. The summed E-state index contributed by atoms with van der Waals surface area (Å²) in [7, 11) is 0. The van der Waals surface area contributed by atoms with E-state index in [9.17, 15) is 14.4 Å². The highest BCUT2D eigenvalue weighted by Crippen LogP contribution is 2.26. The Morgan fingerprint density at radius 3 is 2.14 bits per heavy atom. The van der Waals surface area contributed by atoms with Crippen molar-refractivity contribution in [2.75, 3.05) is 19.8 Å². The summed E-state index contributed by atoms with van der Waals surface area (Å²) < 4.78 is 10.4. The molecule has 2 fully saturated rings. The molecule has 7 heteroatoms. The van der Waals surface area contributed by atoms with E-state index in [1.165, 1.54) is 4.90 Å². The van der Waals surface area contributed by atoms with Crippen LogP contribution < -0.4 is 5.73 Å². The molecule has 2 unspecified atom stereocenters. The van der Waals surface area contributed by atoms with E-state index in [2.05, 4.69) is 12.2 Å². The van der Waals surface area contributed by atoms with E-state index < -0.39 is 5.91 Å². The fourth-order valence-electron chi connectivity index (χ4n) is 4.45. The summed E-state index contributed by atoms with van der Waals surface area (Å²) >= 11 is 0. The van der Waals surface area contributed by atoms with Crippen LogP contribution in [0.15, 0.2) is 48.6 Å². The molecule has 0 radical (unpaired) electrons. The summed E-state index contributed by atoms with van der Waals surface area (Å²) in [4.78, 5) is 38.2. The van der Waals surface area contributed by atoms with Crippen LogP contribution in [-0.2, 0) is 15.9 Å². The minimum Gasteiger partial charge on any atom is -0.373 e. The molecule has 0 saturated carbocycles. The molecule has 0 aliphatic carbocycles. The third kappa shape index (κ3) is 5.80. The molecule has 0 spiro atoms. The highest BCUT2D eigenvalue weighted by Gasteiger charge is 2.39. The minimum atomic E-state index is -0.405. The Balaban J connectivity index is 1.07. The van der Waals surface area contributed by atoms with Crippen molar-refractivity contribution in [3.8, 4) is 0 Å². The van der Waals surface area contributed by atoms with Gasteiger partial charge in [0, 0.05) is 12.0 Å². The van der Waals surface area contributed by atoms with Crippen molar-refractivity contribution in [3.63, 3.8) is 0 Å². The van der Waals surface area contributed by atoms with E-state index in [1.807, 2.05) is 36.4 Å². The molecule has 186 valence electrons. The SMILES string of the molecule is NC(=O)c1cc(/C=C/CCCC/C=C/c2ccc3c(c2)C(=O)N(CC2CO2)C3=O)ccc1CC1CO1. The predicted octanol–water partition coefficient (Wildman–Crippen LogP) is 4.01. The molecule has 3 heterocycles. The van der Waals surface area contributed by atoms with E-state index in [-0.39, 0.29) is 24.0 Å². The van der Waals surface area contributed by atoms with Crippen molar-refractivity contribution in [1.82, 2.24) is 4.90 Å². The first-order valence-corrected chi connectivity index (χ1v) is 12.5. The number of primary amides is 1. The number of nitrogens with two attached hydrogens (primary N) is 1. The third-order valence-electron chi connectivity index (χ3n) is 6.64. The summed E-state index contributed by atoms with van der Waals surface area (Å²) in [6, 6.07) is 11.2. The Morgan fingerprint density at radius 1 is 0.889 bits per heavy atom. The third-order valence-corrected chi connectivity index (χ3v) is 6.64. The number of carbonyl (C=O) groups is 3. The first-order chi connectivity index (χ1) is 17.5. The molecule has 0 bridgehead atoms. The summed E-state index contributed by atoms with van der Waals surface area (Å²) in [5.41, 5.74) is 9.91. The van der Waals surface area contributed by atoms with Gasteiger partial charge in [-0.25, -0.2) is 0 Å². The maximum absolute atomic E-state index is 12.6. The Morgan fingerprint density at radius 2 is 1.50 bits per heavy atom. The van der Waals surface area contributed by atoms with Crippen LogP contribution in [0.3, 0.4) is 0 Å². The first kappa shape index (κ1) is 24.2. The second kappa shape index (κ2) is 10.6. The van der Waals surface area contributed by atoms with E-state index in [1.54, 1.807) is 12.1 Å². The number of ether oxygens (including phenoxy) is 2. The van der Waals surface area contributed by atoms with Gasteiger partial charge in [0.15, 0.2) is 0 Å². The lowest BCUT2D eigenvalue weighted by Crippen LogP contribution is -2.33. The van der Waals surface area contributed by atoms with Crippen LogP contribution in [0, 0.1) is 0 Å². The van der Waals surface area contributed by atoms with E-state index in [0.29, 0.717) is 29.8 Å². The Labute approximate surface area is 210 Å². The van der Waals surface area contributed by atoms with E-state index in [4.69, 9.17) is 15.2 Å². The fourth-order valence-corrected chi connectivity index (χ4v) is 4.45. The standard InChI is InChI=1S/C29H30N2O5/c30-27(32)25-13-19(9-11-21(25)15-22-17-35-22)7-5-3-1-2-4-6-8-20-10-12-24-26(14-20)29(34)31(28(24)33)16-23-18-36-23/h5-14,22-23H,1-4,15-18H2,(H2,30,32)/b7-5+,8-6+. The molecule has 2 aromatic carbocycles. The smallest absolute Gasteiger partial charge is 0.261 e. The monoisotopic (exact) mass is 486 g/mol. The van der Waals surface area contributed by atoms with Gasteiger partial charge in [0.2, 0.25) is 5.91 Å². The van der Waals surface area contributed by atoms with Crippen molar-refractivity contribution in [2.24, 2.45) is 5.73 Å². The number of epoxide rings is 2. The molecule has 3 aliphatic rings. The van der Waals surface area contributed by atoms with Gasteiger partial charge in [-0.3, -0.25) is 19.3 Å². The van der Waals surface area contributed by atoms with Crippen LogP contribution in [0.25, 0.3) is 12.2 Å². The number of unbranched alkanes of at least 4 members (excludes halogenated alkanes) is 3. The number of hydrogen-bond donors (Lipinski definition) is 1. The molecule has 2 N–H and O–H groups in total. The number of fused-ring (bicyclic) bond motifs is 1. The second-order valence-electron chi connectivity index (χ2n) is 9.51. The van der Waals surface area contributed by atoms with Gasteiger partial charge in [0.05, 0.1) is 43.1 Å². The van der Waals surface area contributed by atoms with Gasteiger partial charge in [-0.2, -0.15) is 0 Å². The van der Waals surface area contributed by atoms with Crippen molar-refractivity contribution >= 4 is 29.9 Å². The zero-order valence-electron chi connectivity index (χ0n) is 20.2. The second-order valence-corrected chi connectivity index (χ2v) is 9.51. The van der Waals surface area contributed by atoms with Crippen LogP contribution in [0.2, 0.25) is 0 Å². The molecule has 7 nitrogen and oxygen atoms in total. The van der Waals surface area contributed by atoms with Gasteiger partial charge in [-0.15, -0.1) is 0 Å². The molecule has 3 aliphatic heterocycles. The van der Waals surface area contributed by atoms with Gasteiger partial charge in [-0.1, -0.05) is 42.5 Å². The number of amides is 3. The Hall–Kier alpha value is -3.55. The Kier molecular flexibility index (Phi) is 7.11. The number of benzene rings is 2. The number of hydrogen-bond acceptors (Lipinski definition) is 5. The number of carbonyl (C=O) groups excluding carboxylic acids is 3. The number of allylic oxidation sites excluding steroid dienone is 2. The molecule has 0 aromatic heterocycles. The highest BCUT2D eigenvalue weighted by molar-refractivity contribution is 6.21. The van der Waals surface area contributed by atoms with Gasteiger partial charge in [-0.05, 0) is 60.6 Å². The van der Waals surface area contributed by atoms with Crippen LogP contribution in [0.5, 0.6) is 0 Å². The van der Waals surface area contributed by atoms with Crippen LogP contribution in [0.4, 0.5) is 0 Å². The Bertz CT molecular complexity index is 1240. The van der Waals surface area contributed by atoms with Crippen molar-refractivity contribution in [1.29, 1.82) is 0 Å². The fraction of sp³-hybridized carbons (Fsp3) is 0.345. The maximum Gasteiger partial charge on any atom is 0.261 e. The molecule has 2 aromatic rings. The van der Waals surface area contributed by atoms with Gasteiger partial charge >= 0.3 is 0 Å². The largest absolute Gasteiger partial charge is 0.373 e. The van der Waals surface area contributed by atoms with E-state index in [0.717, 1.165) is 55.4 Å². The molecule has 3 amide bonds. The van der Waals surface area contributed by atoms with Crippen molar-refractivity contribution < 1.29 is 23.9 Å². The zero-order valence-corrected chi connectivity index (χ0v) is 20.2. The van der Waals surface area contributed by atoms with Crippen molar-refractivity contribution in [2.45, 2.75) is 44.3 Å². The summed E-state index contributed by atoms with van der Waals surface area (Å²) in [5.74, 6) is -0.872. The highest BCUT2D eigenvalue weighted by atomic mass is 16.6. The summed E-state index contributed by atoms with van der Waals surface area (Å²) in [6.45, 7) is 1.69. The summed E-state index contributed by atoms with van der Waals surface area (Å²) in [6.07, 6.45) is 13.1. The lowest BCUT2D eigenvalue weighted by Gasteiger charge is -2.10. The predicted molar refractivity (Wildman–Crippen MR) is 136 cm³/mol. The van der Waals surface area contributed by atoms with Crippen LogP contribution in [0.1, 0.15) is 73.4 Å². The quantitative estimate of drug-likeness (QED) is 0.277. The molecular weight excluding hydrogens is 456 g/mol. The first-order valence-electron chi connectivity index (χ1n) is 12.5. The van der Waals surface area contributed by atoms with E-state index >= 15 is 0 Å². The minimum absolute atomic E-state index is 0.0120. The average Bonchev–Trinajstić information content (AvgIpc) is 3.80. The topological polar surface area (TPSA) is 106 Å². The molecular formula is C29H30N2O5. The van der Waals surface area contributed by atoms with Gasteiger partial charge in [0.1, 0.15) is 0 Å². The lowest BCUT2D eigenvalue weighted by atomic mass is 9.99. The number of nitrogens with zero attached hydrogens (tertiary/aromatic N) is 1. The number of rotatable bonds is 12. The average molecular weight is 487 g/mol. The van der Waals surface area contributed by atoms with Gasteiger partial charge in [0.25, 0.3) is 11.8 Å². The zero-order chi connectivity index (χ0) is 25.1. The van der Waals surface area contributed by atoms with Crippen LogP contribution in [-0.4, -0.2) is 54.6 Å². The lowest BCUT2D eigenvalue weighted by molar-refractivity contribution is 0.0642. The van der Waals surface area contributed by atoms with Crippen molar-refractivity contribution in [3.05, 3.63) is 81.9 Å². The normalized spacial score (nSPS) is 20.5. The summed E-state index contributed by atoms with van der Waals surface area (Å²) in [5, 5.41) is 0. The molecule has 2 saturated heterocycles. The maximum atomic E-state index is 12.6. The van der Waals surface area contributed by atoms with Gasteiger partial charge < -0.3 is 15.2 Å². The number of imide groups is 1. The molecule has 5 rings (SSSR count).